The van der Waals surface area contributed by atoms with Gasteiger partial charge in [-0.25, -0.2) is 0 Å². The molecule has 0 spiro atoms. The van der Waals surface area contributed by atoms with Crippen molar-refractivity contribution in [3.8, 4) is 5.75 Å². The molecule has 2 aromatic carbocycles. The van der Waals surface area contributed by atoms with Crippen LogP contribution in [-0.2, 0) is 10.1 Å². The lowest BCUT2D eigenvalue weighted by Crippen LogP contribution is -2.27. The number of rotatable bonds is 4. The van der Waals surface area contributed by atoms with E-state index in [9.17, 15) is 21.6 Å². The molecule has 0 saturated heterocycles. The summed E-state index contributed by atoms with van der Waals surface area (Å²) in [6.07, 6.45) is 0. The number of benzene rings is 2. The Balaban J connectivity index is 2.10. The van der Waals surface area contributed by atoms with Crippen molar-refractivity contribution in [1.29, 1.82) is 0 Å². The summed E-state index contributed by atoms with van der Waals surface area (Å²) in [4.78, 5) is 1.70. The van der Waals surface area contributed by atoms with Gasteiger partial charge in [0.15, 0.2) is 0 Å². The summed E-state index contributed by atoms with van der Waals surface area (Å²) in [6, 6.07) is 14.7. The zero-order valence-electron chi connectivity index (χ0n) is 10.4. The highest BCUT2D eigenvalue weighted by atomic mass is 32.2. The predicted molar refractivity (Wildman–Crippen MR) is 72.6 cm³/mol. The Morgan fingerprint density at radius 2 is 1.38 bits per heavy atom. The topological polar surface area (TPSA) is 43.4 Å². The van der Waals surface area contributed by atoms with Gasteiger partial charge in [-0.3, -0.25) is 0 Å². The molecule has 2 rings (SSSR count). The molecule has 0 aliphatic heterocycles. The molecule has 0 saturated carbocycles. The molecule has 0 aromatic heterocycles. The Hall–Kier alpha value is -1.67. The van der Waals surface area contributed by atoms with E-state index in [1.54, 1.807) is 0 Å². The first-order chi connectivity index (χ1) is 9.78. The average Bonchev–Trinajstić information content (AvgIpc) is 2.41. The lowest BCUT2D eigenvalue weighted by molar-refractivity contribution is -0.0500. The van der Waals surface area contributed by atoms with Crippen LogP contribution in [0.4, 0.5) is 13.2 Å². The molecule has 21 heavy (non-hydrogen) atoms. The smallest absolute Gasteiger partial charge is 0.376 e. The van der Waals surface area contributed by atoms with Crippen LogP contribution in [0.5, 0.6) is 5.75 Å². The standard InChI is InChI=1S/C13H9F3O3S2/c14-13(15,16)21(17,18)19-10-6-8-12(9-7-10)20-11-4-2-1-3-5-11/h1-9H. The number of halogens is 3. The van der Waals surface area contributed by atoms with Crippen molar-refractivity contribution >= 4 is 21.9 Å². The summed E-state index contributed by atoms with van der Waals surface area (Å²) < 4.78 is 62.2. The van der Waals surface area contributed by atoms with E-state index in [1.807, 2.05) is 30.3 Å². The minimum atomic E-state index is -5.63. The molecule has 0 aliphatic carbocycles. The van der Waals surface area contributed by atoms with Crippen LogP contribution in [-0.4, -0.2) is 13.9 Å². The summed E-state index contributed by atoms with van der Waals surface area (Å²) in [5.41, 5.74) is -5.44. The van der Waals surface area contributed by atoms with Crippen molar-refractivity contribution in [3.63, 3.8) is 0 Å². The fourth-order valence-electron chi connectivity index (χ4n) is 1.36. The lowest BCUT2D eigenvalue weighted by atomic mass is 10.3. The Kier molecular flexibility index (Phi) is 4.48. The lowest BCUT2D eigenvalue weighted by Gasteiger charge is -2.09. The first-order valence-corrected chi connectivity index (χ1v) is 7.84. The third-order valence-electron chi connectivity index (χ3n) is 2.29. The van der Waals surface area contributed by atoms with E-state index in [2.05, 4.69) is 4.18 Å². The molecule has 0 fully saturated rings. The normalized spacial score (nSPS) is 12.1. The van der Waals surface area contributed by atoms with Gasteiger partial charge < -0.3 is 4.18 Å². The molecule has 0 N–H and O–H groups in total. The largest absolute Gasteiger partial charge is 0.534 e. The summed E-state index contributed by atoms with van der Waals surface area (Å²) in [7, 11) is -5.63. The van der Waals surface area contributed by atoms with Gasteiger partial charge in [0, 0.05) is 9.79 Å². The van der Waals surface area contributed by atoms with Crippen molar-refractivity contribution in [1.82, 2.24) is 0 Å². The Morgan fingerprint density at radius 1 is 0.857 bits per heavy atom. The minimum absolute atomic E-state index is 0.385. The Morgan fingerprint density at radius 3 is 1.90 bits per heavy atom. The maximum absolute atomic E-state index is 12.2. The van der Waals surface area contributed by atoms with E-state index in [4.69, 9.17) is 0 Å². The van der Waals surface area contributed by atoms with Gasteiger partial charge in [0.05, 0.1) is 0 Å². The van der Waals surface area contributed by atoms with Crippen molar-refractivity contribution in [2.45, 2.75) is 15.3 Å². The van der Waals surface area contributed by atoms with Crippen molar-refractivity contribution in [2.75, 3.05) is 0 Å². The molecular formula is C13H9F3O3S2. The Labute approximate surface area is 123 Å². The van der Waals surface area contributed by atoms with Crippen LogP contribution in [0.15, 0.2) is 64.4 Å². The maximum Gasteiger partial charge on any atom is 0.534 e. The molecule has 0 heterocycles. The summed E-state index contributed by atoms with van der Waals surface area (Å²) in [5.74, 6) is -0.385. The second-order valence-corrected chi connectivity index (χ2v) is 6.55. The van der Waals surface area contributed by atoms with Crippen molar-refractivity contribution < 1.29 is 25.8 Å². The molecule has 3 nitrogen and oxygen atoms in total. The molecule has 0 radical (unpaired) electrons. The van der Waals surface area contributed by atoms with Gasteiger partial charge in [0.1, 0.15) is 5.75 Å². The van der Waals surface area contributed by atoms with Gasteiger partial charge in [-0.2, -0.15) is 21.6 Å². The second kappa shape index (κ2) is 5.98. The minimum Gasteiger partial charge on any atom is -0.376 e. The molecule has 112 valence electrons. The number of hydrogen-bond donors (Lipinski definition) is 0. The molecule has 0 bridgehead atoms. The molecule has 0 unspecified atom stereocenters. The van der Waals surface area contributed by atoms with E-state index in [-0.39, 0.29) is 5.75 Å². The maximum atomic E-state index is 12.2. The quantitative estimate of drug-likeness (QED) is 0.624. The first kappa shape index (κ1) is 15.7. The molecule has 2 aromatic rings. The van der Waals surface area contributed by atoms with Crippen LogP contribution >= 0.6 is 11.8 Å². The highest BCUT2D eigenvalue weighted by molar-refractivity contribution is 7.99. The van der Waals surface area contributed by atoms with Crippen molar-refractivity contribution in [3.05, 3.63) is 54.6 Å². The van der Waals surface area contributed by atoms with Crippen LogP contribution in [0.25, 0.3) is 0 Å². The van der Waals surface area contributed by atoms with E-state index in [0.717, 1.165) is 9.79 Å². The fraction of sp³-hybridized carbons (Fsp3) is 0.0769. The van der Waals surface area contributed by atoms with Crippen LogP contribution in [0.3, 0.4) is 0 Å². The first-order valence-electron chi connectivity index (χ1n) is 5.62. The highest BCUT2D eigenvalue weighted by Crippen LogP contribution is 2.31. The number of hydrogen-bond acceptors (Lipinski definition) is 4. The molecule has 8 heteroatoms. The summed E-state index contributed by atoms with van der Waals surface area (Å²) in [6.45, 7) is 0. The van der Waals surface area contributed by atoms with Gasteiger partial charge in [0.25, 0.3) is 0 Å². The Bertz CT molecular complexity index is 696. The van der Waals surface area contributed by atoms with Gasteiger partial charge in [0.2, 0.25) is 0 Å². The van der Waals surface area contributed by atoms with E-state index < -0.39 is 15.6 Å². The third-order valence-corrected chi connectivity index (χ3v) is 4.29. The monoisotopic (exact) mass is 334 g/mol. The van der Waals surface area contributed by atoms with Crippen LogP contribution < -0.4 is 4.18 Å². The molecule has 0 atom stereocenters. The second-order valence-electron chi connectivity index (χ2n) is 3.87. The molecule has 0 amide bonds. The zero-order valence-corrected chi connectivity index (χ0v) is 12.0. The fourth-order valence-corrected chi connectivity index (χ4v) is 2.66. The van der Waals surface area contributed by atoms with Crippen LogP contribution in [0.1, 0.15) is 0 Å². The zero-order chi connectivity index (χ0) is 15.5. The predicted octanol–water partition coefficient (Wildman–Crippen LogP) is 4.07. The third kappa shape index (κ3) is 4.15. The van der Waals surface area contributed by atoms with Gasteiger partial charge >= 0.3 is 15.6 Å². The van der Waals surface area contributed by atoms with Crippen molar-refractivity contribution in [2.24, 2.45) is 0 Å². The SMILES string of the molecule is O=S(=O)(Oc1ccc(Sc2ccccc2)cc1)C(F)(F)F. The highest BCUT2D eigenvalue weighted by Gasteiger charge is 2.48. The molecular weight excluding hydrogens is 325 g/mol. The van der Waals surface area contributed by atoms with Gasteiger partial charge in [-0.1, -0.05) is 30.0 Å². The number of alkyl halides is 3. The van der Waals surface area contributed by atoms with Gasteiger partial charge in [-0.15, -0.1) is 0 Å². The van der Waals surface area contributed by atoms with E-state index in [1.165, 1.54) is 36.0 Å². The van der Waals surface area contributed by atoms with E-state index >= 15 is 0 Å². The molecule has 0 aliphatic rings. The summed E-state index contributed by atoms with van der Waals surface area (Å²) in [5, 5.41) is 0. The van der Waals surface area contributed by atoms with Gasteiger partial charge in [-0.05, 0) is 36.4 Å². The average molecular weight is 334 g/mol. The van der Waals surface area contributed by atoms with E-state index in [0.29, 0.717) is 0 Å². The van der Waals surface area contributed by atoms with Crippen LogP contribution in [0, 0.1) is 0 Å². The van der Waals surface area contributed by atoms with Crippen LogP contribution in [0.2, 0.25) is 0 Å². The summed E-state index contributed by atoms with van der Waals surface area (Å²) >= 11 is 1.39.